The molecule has 0 saturated carbocycles. The highest BCUT2D eigenvalue weighted by atomic mass is 16.5. The van der Waals surface area contributed by atoms with Crippen molar-refractivity contribution in [1.29, 1.82) is 0 Å². The second-order valence-electron chi connectivity index (χ2n) is 7.65. The topological polar surface area (TPSA) is 40.5 Å². The number of carbonyl (C=O) groups excluding carboxylic acids is 1. The second kappa shape index (κ2) is 11.3. The minimum atomic E-state index is -0.100. The SMILES string of the molecule is CCCCCCCCCC[C@@H]1C[C@H](Cc2ccccc2)CC(=O)N1O. The summed E-state index contributed by atoms with van der Waals surface area (Å²) in [7, 11) is 0. The summed E-state index contributed by atoms with van der Waals surface area (Å²) in [6.45, 7) is 2.25. The lowest BCUT2D eigenvalue weighted by molar-refractivity contribution is -0.186. The first-order valence-electron chi connectivity index (χ1n) is 10.3. The van der Waals surface area contributed by atoms with E-state index in [9.17, 15) is 10.0 Å². The van der Waals surface area contributed by atoms with E-state index in [0.29, 0.717) is 12.3 Å². The van der Waals surface area contributed by atoms with Gasteiger partial charge in [-0.3, -0.25) is 10.0 Å². The number of benzene rings is 1. The molecule has 0 radical (unpaired) electrons. The van der Waals surface area contributed by atoms with Gasteiger partial charge in [-0.1, -0.05) is 88.6 Å². The average Bonchev–Trinajstić information content (AvgIpc) is 2.62. The third-order valence-corrected chi connectivity index (χ3v) is 5.43. The van der Waals surface area contributed by atoms with E-state index < -0.39 is 0 Å². The van der Waals surface area contributed by atoms with Crippen LogP contribution in [0.25, 0.3) is 0 Å². The van der Waals surface area contributed by atoms with Gasteiger partial charge in [-0.05, 0) is 30.7 Å². The molecule has 2 rings (SSSR count). The van der Waals surface area contributed by atoms with Crippen LogP contribution in [0.4, 0.5) is 0 Å². The van der Waals surface area contributed by atoms with Gasteiger partial charge < -0.3 is 0 Å². The molecule has 0 aromatic heterocycles. The Morgan fingerprint density at radius 1 is 1.00 bits per heavy atom. The fourth-order valence-corrected chi connectivity index (χ4v) is 3.97. The van der Waals surface area contributed by atoms with Gasteiger partial charge in [0.2, 0.25) is 5.91 Å². The fraction of sp³-hybridized carbons (Fsp3) is 0.682. The van der Waals surface area contributed by atoms with Crippen LogP contribution >= 0.6 is 0 Å². The molecule has 3 nitrogen and oxygen atoms in total. The van der Waals surface area contributed by atoms with Crippen molar-refractivity contribution in [1.82, 2.24) is 5.06 Å². The molecule has 1 aromatic carbocycles. The van der Waals surface area contributed by atoms with E-state index in [4.69, 9.17) is 0 Å². The van der Waals surface area contributed by atoms with Crippen molar-refractivity contribution in [3.05, 3.63) is 35.9 Å². The molecule has 1 aliphatic rings. The monoisotopic (exact) mass is 345 g/mol. The van der Waals surface area contributed by atoms with Crippen molar-refractivity contribution in [3.8, 4) is 0 Å². The summed E-state index contributed by atoms with van der Waals surface area (Å²) < 4.78 is 0. The van der Waals surface area contributed by atoms with Crippen LogP contribution in [-0.4, -0.2) is 22.2 Å². The van der Waals surface area contributed by atoms with Crippen LogP contribution in [0.1, 0.15) is 83.1 Å². The Morgan fingerprint density at radius 2 is 1.64 bits per heavy atom. The van der Waals surface area contributed by atoms with Crippen LogP contribution in [0.15, 0.2) is 30.3 Å². The molecule has 0 aliphatic carbocycles. The molecular weight excluding hydrogens is 310 g/mol. The third kappa shape index (κ3) is 7.19. The Hall–Kier alpha value is -1.35. The predicted octanol–water partition coefficient (Wildman–Crippen LogP) is 5.76. The molecule has 1 aliphatic heterocycles. The number of amides is 1. The fourth-order valence-electron chi connectivity index (χ4n) is 3.97. The summed E-state index contributed by atoms with van der Waals surface area (Å²) in [6, 6.07) is 10.4. The normalized spacial score (nSPS) is 20.9. The predicted molar refractivity (Wildman–Crippen MR) is 103 cm³/mol. The zero-order valence-electron chi connectivity index (χ0n) is 15.8. The second-order valence-corrected chi connectivity index (χ2v) is 7.65. The molecule has 0 spiro atoms. The lowest BCUT2D eigenvalue weighted by Crippen LogP contribution is -2.44. The summed E-state index contributed by atoms with van der Waals surface area (Å²) in [4.78, 5) is 12.1. The number of carbonyl (C=O) groups is 1. The van der Waals surface area contributed by atoms with E-state index in [1.54, 1.807) is 0 Å². The van der Waals surface area contributed by atoms with Gasteiger partial charge in [0.15, 0.2) is 0 Å². The van der Waals surface area contributed by atoms with Gasteiger partial charge in [0.05, 0.1) is 6.04 Å². The Bertz CT molecular complexity index is 488. The molecule has 3 heteroatoms. The van der Waals surface area contributed by atoms with Crippen LogP contribution in [0.3, 0.4) is 0 Å². The number of hydrogen-bond donors (Lipinski definition) is 1. The van der Waals surface area contributed by atoms with Gasteiger partial charge in [-0.15, -0.1) is 0 Å². The first-order chi connectivity index (χ1) is 12.2. The van der Waals surface area contributed by atoms with Crippen LogP contribution < -0.4 is 0 Å². The van der Waals surface area contributed by atoms with Gasteiger partial charge >= 0.3 is 0 Å². The molecule has 0 unspecified atom stereocenters. The Morgan fingerprint density at radius 3 is 2.32 bits per heavy atom. The minimum Gasteiger partial charge on any atom is -0.286 e. The van der Waals surface area contributed by atoms with Gasteiger partial charge in [0.25, 0.3) is 0 Å². The van der Waals surface area contributed by atoms with Gasteiger partial charge in [0, 0.05) is 6.42 Å². The highest BCUT2D eigenvalue weighted by Crippen LogP contribution is 2.28. The van der Waals surface area contributed by atoms with Gasteiger partial charge in [-0.25, -0.2) is 5.06 Å². The third-order valence-electron chi connectivity index (χ3n) is 5.43. The highest BCUT2D eigenvalue weighted by Gasteiger charge is 2.32. The molecule has 1 saturated heterocycles. The van der Waals surface area contributed by atoms with Crippen LogP contribution in [0.2, 0.25) is 0 Å². The molecule has 1 N–H and O–H groups in total. The maximum atomic E-state index is 12.1. The van der Waals surface area contributed by atoms with E-state index in [0.717, 1.165) is 30.7 Å². The van der Waals surface area contributed by atoms with Crippen LogP contribution in [-0.2, 0) is 11.2 Å². The number of hydrogen-bond acceptors (Lipinski definition) is 2. The van der Waals surface area contributed by atoms with Crippen LogP contribution in [0, 0.1) is 5.92 Å². The summed E-state index contributed by atoms with van der Waals surface area (Å²) in [5.74, 6) is 0.258. The first-order valence-corrected chi connectivity index (χ1v) is 10.3. The molecular formula is C22H35NO2. The molecule has 140 valence electrons. The van der Waals surface area contributed by atoms with E-state index in [1.807, 2.05) is 6.07 Å². The molecule has 1 aromatic rings. The smallest absolute Gasteiger partial charge is 0.246 e. The largest absolute Gasteiger partial charge is 0.286 e. The van der Waals surface area contributed by atoms with E-state index >= 15 is 0 Å². The van der Waals surface area contributed by atoms with Gasteiger partial charge in [-0.2, -0.15) is 0 Å². The Kier molecular flexibility index (Phi) is 9.03. The van der Waals surface area contributed by atoms with Gasteiger partial charge in [0.1, 0.15) is 0 Å². The summed E-state index contributed by atoms with van der Waals surface area (Å²) in [5.41, 5.74) is 1.29. The molecule has 1 heterocycles. The van der Waals surface area contributed by atoms with Crippen molar-refractivity contribution in [2.45, 2.75) is 90.0 Å². The average molecular weight is 346 g/mol. The minimum absolute atomic E-state index is 0.00931. The number of hydroxylamine groups is 2. The molecule has 1 amide bonds. The first kappa shape index (κ1) is 20.0. The van der Waals surface area contributed by atoms with Crippen molar-refractivity contribution < 1.29 is 10.0 Å². The maximum Gasteiger partial charge on any atom is 0.246 e. The zero-order chi connectivity index (χ0) is 17.9. The Balaban J connectivity index is 1.68. The number of unbranched alkanes of at least 4 members (excludes halogenated alkanes) is 7. The van der Waals surface area contributed by atoms with Crippen molar-refractivity contribution in [3.63, 3.8) is 0 Å². The van der Waals surface area contributed by atoms with Crippen molar-refractivity contribution in [2.75, 3.05) is 0 Å². The van der Waals surface area contributed by atoms with Crippen LogP contribution in [0.5, 0.6) is 0 Å². The van der Waals surface area contributed by atoms with E-state index in [2.05, 4.69) is 31.2 Å². The highest BCUT2D eigenvalue weighted by molar-refractivity contribution is 5.76. The van der Waals surface area contributed by atoms with E-state index in [1.165, 1.54) is 50.5 Å². The maximum absolute atomic E-state index is 12.1. The van der Waals surface area contributed by atoms with E-state index in [-0.39, 0.29) is 11.9 Å². The number of rotatable bonds is 11. The quantitative estimate of drug-likeness (QED) is 0.409. The Labute approximate surface area is 153 Å². The molecule has 1 fully saturated rings. The van der Waals surface area contributed by atoms with Crippen molar-refractivity contribution >= 4 is 5.91 Å². The van der Waals surface area contributed by atoms with Crippen molar-refractivity contribution in [2.24, 2.45) is 5.92 Å². The summed E-state index contributed by atoms with van der Waals surface area (Å²) >= 11 is 0. The number of nitrogens with zero attached hydrogens (tertiary/aromatic N) is 1. The summed E-state index contributed by atoms with van der Waals surface area (Å²) in [6.07, 6.45) is 13.6. The molecule has 25 heavy (non-hydrogen) atoms. The lowest BCUT2D eigenvalue weighted by Gasteiger charge is -2.35. The number of piperidine rings is 1. The molecule has 2 atom stereocenters. The molecule has 0 bridgehead atoms. The lowest BCUT2D eigenvalue weighted by atomic mass is 9.85. The standard InChI is InChI=1S/C22H35NO2/c1-2-3-4-5-6-7-8-12-15-21-17-20(18-22(24)23(21)25)16-19-13-10-9-11-14-19/h9-11,13-14,20-21,25H,2-8,12,15-18H2,1H3/t20-,21+/m0/s1. The summed E-state index contributed by atoms with van der Waals surface area (Å²) in [5, 5.41) is 11.1. The zero-order valence-corrected chi connectivity index (χ0v) is 15.8.